The summed E-state index contributed by atoms with van der Waals surface area (Å²) in [7, 11) is 0. The zero-order valence-corrected chi connectivity index (χ0v) is 8.15. The van der Waals surface area contributed by atoms with E-state index in [0.29, 0.717) is 17.8 Å². The van der Waals surface area contributed by atoms with Gasteiger partial charge in [-0.3, -0.25) is 0 Å². The minimum atomic E-state index is -0.134. The van der Waals surface area contributed by atoms with E-state index in [9.17, 15) is 4.39 Å². The SMILES string of the molecule is N#Cc1ccnc(N2CCC=C(F)C2)c1. The van der Waals surface area contributed by atoms with Crippen molar-refractivity contribution < 1.29 is 4.39 Å². The normalized spacial score (nSPS) is 15.7. The predicted octanol–water partition coefficient (Wildman–Crippen LogP) is 2.02. The number of hydrogen-bond acceptors (Lipinski definition) is 3. The Bertz CT molecular complexity index is 434. The van der Waals surface area contributed by atoms with Gasteiger partial charge in [0.1, 0.15) is 11.6 Å². The highest BCUT2D eigenvalue weighted by Crippen LogP contribution is 2.18. The van der Waals surface area contributed by atoms with Crippen LogP contribution < -0.4 is 4.90 Å². The molecule has 0 spiro atoms. The minimum absolute atomic E-state index is 0.134. The van der Waals surface area contributed by atoms with Crippen LogP contribution in [-0.4, -0.2) is 18.1 Å². The van der Waals surface area contributed by atoms with E-state index in [0.717, 1.165) is 6.54 Å². The van der Waals surface area contributed by atoms with Crippen molar-refractivity contribution in [1.82, 2.24) is 4.98 Å². The molecule has 0 radical (unpaired) electrons. The van der Waals surface area contributed by atoms with Gasteiger partial charge < -0.3 is 4.90 Å². The Morgan fingerprint density at radius 1 is 1.53 bits per heavy atom. The number of aromatic nitrogens is 1. The zero-order chi connectivity index (χ0) is 10.7. The molecule has 4 heteroatoms. The molecule has 0 atom stereocenters. The third kappa shape index (κ3) is 2.13. The van der Waals surface area contributed by atoms with E-state index in [-0.39, 0.29) is 12.4 Å². The maximum atomic E-state index is 13.0. The molecular weight excluding hydrogens is 193 g/mol. The fraction of sp³-hybridized carbons (Fsp3) is 0.273. The van der Waals surface area contributed by atoms with Crippen LogP contribution in [0.1, 0.15) is 12.0 Å². The summed E-state index contributed by atoms with van der Waals surface area (Å²) in [6, 6.07) is 5.36. The van der Waals surface area contributed by atoms with Gasteiger partial charge in [-0.15, -0.1) is 0 Å². The van der Waals surface area contributed by atoms with Crippen molar-refractivity contribution in [1.29, 1.82) is 5.26 Å². The Morgan fingerprint density at radius 3 is 3.13 bits per heavy atom. The highest BCUT2D eigenvalue weighted by Gasteiger charge is 2.13. The van der Waals surface area contributed by atoms with Crippen molar-refractivity contribution in [2.75, 3.05) is 18.0 Å². The van der Waals surface area contributed by atoms with Crippen molar-refractivity contribution >= 4 is 5.82 Å². The Labute approximate surface area is 87.5 Å². The summed E-state index contributed by atoms with van der Waals surface area (Å²) >= 11 is 0. The Kier molecular flexibility index (Phi) is 2.64. The third-order valence-corrected chi connectivity index (χ3v) is 2.31. The number of anilines is 1. The van der Waals surface area contributed by atoms with Crippen LogP contribution in [0.2, 0.25) is 0 Å². The van der Waals surface area contributed by atoms with Gasteiger partial charge in [0.25, 0.3) is 0 Å². The van der Waals surface area contributed by atoms with Gasteiger partial charge in [-0.1, -0.05) is 0 Å². The van der Waals surface area contributed by atoms with Crippen LogP contribution in [0.3, 0.4) is 0 Å². The van der Waals surface area contributed by atoms with Crippen LogP contribution in [0, 0.1) is 11.3 Å². The van der Waals surface area contributed by atoms with E-state index in [4.69, 9.17) is 5.26 Å². The van der Waals surface area contributed by atoms with Crippen molar-refractivity contribution in [3.05, 3.63) is 35.8 Å². The first-order valence-electron chi connectivity index (χ1n) is 4.75. The molecule has 2 rings (SSSR count). The lowest BCUT2D eigenvalue weighted by Crippen LogP contribution is -2.29. The molecule has 0 amide bonds. The average Bonchev–Trinajstić information content (AvgIpc) is 2.29. The summed E-state index contributed by atoms with van der Waals surface area (Å²) in [4.78, 5) is 5.96. The maximum absolute atomic E-state index is 13.0. The standard InChI is InChI=1S/C11H10FN3/c12-10-2-1-5-15(8-10)11-6-9(7-13)3-4-14-11/h2-4,6H,1,5,8H2. The zero-order valence-electron chi connectivity index (χ0n) is 8.15. The number of halogens is 1. The summed E-state index contributed by atoms with van der Waals surface area (Å²) in [5.74, 6) is 0.530. The summed E-state index contributed by atoms with van der Waals surface area (Å²) in [6.07, 6.45) is 3.85. The molecule has 1 aliphatic heterocycles. The highest BCUT2D eigenvalue weighted by atomic mass is 19.1. The van der Waals surface area contributed by atoms with Gasteiger partial charge in [0.15, 0.2) is 0 Å². The number of nitriles is 1. The van der Waals surface area contributed by atoms with Gasteiger partial charge in [0, 0.05) is 12.7 Å². The molecule has 0 N–H and O–H groups in total. The molecule has 1 aromatic rings. The number of rotatable bonds is 1. The number of pyridine rings is 1. The number of hydrogen-bond donors (Lipinski definition) is 0. The second-order valence-corrected chi connectivity index (χ2v) is 3.38. The molecule has 3 nitrogen and oxygen atoms in total. The van der Waals surface area contributed by atoms with Crippen molar-refractivity contribution in [2.24, 2.45) is 0 Å². The van der Waals surface area contributed by atoms with Crippen LogP contribution in [0.5, 0.6) is 0 Å². The molecule has 2 heterocycles. The molecule has 15 heavy (non-hydrogen) atoms. The van der Waals surface area contributed by atoms with Crippen LogP contribution in [0.4, 0.5) is 10.2 Å². The summed E-state index contributed by atoms with van der Waals surface area (Å²) in [5.41, 5.74) is 0.551. The second kappa shape index (κ2) is 4.09. The third-order valence-electron chi connectivity index (χ3n) is 2.31. The fourth-order valence-corrected chi connectivity index (χ4v) is 1.56. The minimum Gasteiger partial charge on any atom is -0.350 e. The van der Waals surface area contributed by atoms with E-state index in [2.05, 4.69) is 4.98 Å². The molecule has 1 aromatic heterocycles. The molecule has 0 bridgehead atoms. The molecule has 0 aliphatic carbocycles. The van der Waals surface area contributed by atoms with Crippen LogP contribution in [0.25, 0.3) is 0 Å². The topological polar surface area (TPSA) is 39.9 Å². The van der Waals surface area contributed by atoms with Gasteiger partial charge in [-0.25, -0.2) is 9.37 Å². The van der Waals surface area contributed by atoms with Crippen molar-refractivity contribution in [3.8, 4) is 6.07 Å². The molecule has 0 unspecified atom stereocenters. The monoisotopic (exact) mass is 203 g/mol. The van der Waals surface area contributed by atoms with Crippen LogP contribution in [-0.2, 0) is 0 Å². The first-order chi connectivity index (χ1) is 7.29. The lowest BCUT2D eigenvalue weighted by atomic mass is 10.2. The lowest BCUT2D eigenvalue weighted by Gasteiger charge is -2.25. The van der Waals surface area contributed by atoms with Gasteiger partial charge in [0.05, 0.1) is 18.2 Å². The van der Waals surface area contributed by atoms with E-state index in [1.807, 2.05) is 11.0 Å². The van der Waals surface area contributed by atoms with Gasteiger partial charge in [-0.05, 0) is 24.6 Å². The average molecular weight is 203 g/mol. The van der Waals surface area contributed by atoms with Gasteiger partial charge in [0.2, 0.25) is 0 Å². The smallest absolute Gasteiger partial charge is 0.130 e. The quantitative estimate of drug-likeness (QED) is 0.701. The maximum Gasteiger partial charge on any atom is 0.130 e. The summed E-state index contributed by atoms with van der Waals surface area (Å²) in [5, 5.41) is 8.73. The highest BCUT2D eigenvalue weighted by molar-refractivity contribution is 5.46. The summed E-state index contributed by atoms with van der Waals surface area (Å²) in [6.45, 7) is 0.997. The fourth-order valence-electron chi connectivity index (χ4n) is 1.56. The first-order valence-corrected chi connectivity index (χ1v) is 4.75. The van der Waals surface area contributed by atoms with E-state index in [1.165, 1.54) is 0 Å². The van der Waals surface area contributed by atoms with Crippen molar-refractivity contribution in [2.45, 2.75) is 6.42 Å². The molecule has 0 saturated carbocycles. The largest absolute Gasteiger partial charge is 0.350 e. The lowest BCUT2D eigenvalue weighted by molar-refractivity contribution is 0.573. The number of nitrogens with zero attached hydrogens (tertiary/aromatic N) is 3. The Hall–Kier alpha value is -1.89. The van der Waals surface area contributed by atoms with Crippen LogP contribution >= 0.6 is 0 Å². The van der Waals surface area contributed by atoms with Gasteiger partial charge in [-0.2, -0.15) is 5.26 Å². The van der Waals surface area contributed by atoms with Gasteiger partial charge >= 0.3 is 0 Å². The molecule has 1 aliphatic rings. The van der Waals surface area contributed by atoms with E-state index in [1.54, 1.807) is 24.4 Å². The summed E-state index contributed by atoms with van der Waals surface area (Å²) < 4.78 is 13.0. The molecular formula is C11H10FN3. The Balaban J connectivity index is 2.23. The second-order valence-electron chi connectivity index (χ2n) is 3.38. The Morgan fingerprint density at radius 2 is 2.40 bits per heavy atom. The predicted molar refractivity (Wildman–Crippen MR) is 55.0 cm³/mol. The van der Waals surface area contributed by atoms with Crippen LogP contribution in [0.15, 0.2) is 30.2 Å². The van der Waals surface area contributed by atoms with Crippen molar-refractivity contribution in [3.63, 3.8) is 0 Å². The molecule has 0 saturated heterocycles. The van der Waals surface area contributed by atoms with E-state index >= 15 is 0 Å². The van der Waals surface area contributed by atoms with E-state index < -0.39 is 0 Å². The first kappa shape index (κ1) is 9.66. The molecule has 0 aromatic carbocycles. The molecule has 0 fully saturated rings. The molecule has 76 valence electrons.